The van der Waals surface area contributed by atoms with E-state index in [0.29, 0.717) is 6.54 Å². The van der Waals surface area contributed by atoms with Crippen molar-refractivity contribution in [3.8, 4) is 0 Å². The highest BCUT2D eigenvalue weighted by molar-refractivity contribution is 5.74. The van der Waals surface area contributed by atoms with Gasteiger partial charge >= 0.3 is 6.03 Å². The molecule has 0 saturated carbocycles. The summed E-state index contributed by atoms with van der Waals surface area (Å²) in [5, 5.41) is 7.11. The molecule has 7 nitrogen and oxygen atoms in total. The van der Waals surface area contributed by atoms with E-state index in [2.05, 4.69) is 58.4 Å². The van der Waals surface area contributed by atoms with Crippen molar-refractivity contribution in [2.45, 2.75) is 33.4 Å². The lowest BCUT2D eigenvalue weighted by Gasteiger charge is -2.35. The lowest BCUT2D eigenvalue weighted by atomic mass is 10.1. The third-order valence-electron chi connectivity index (χ3n) is 5.60. The molecule has 1 atom stereocenters. The predicted molar refractivity (Wildman–Crippen MR) is 114 cm³/mol. The van der Waals surface area contributed by atoms with Gasteiger partial charge in [-0.05, 0) is 25.6 Å². The molecule has 0 bridgehead atoms. The largest absolute Gasteiger partial charge is 0.360 e. The zero-order valence-corrected chi connectivity index (χ0v) is 17.8. The number of nitrogens with zero attached hydrogens (tertiary/aromatic N) is 4. The minimum atomic E-state index is 0.0215. The smallest absolute Gasteiger partial charge is 0.317 e. The zero-order chi connectivity index (χ0) is 20.6. The van der Waals surface area contributed by atoms with Crippen molar-refractivity contribution in [1.29, 1.82) is 0 Å². The Kier molecular flexibility index (Phi) is 7.66. The van der Waals surface area contributed by atoms with Crippen LogP contribution in [0.2, 0.25) is 0 Å². The maximum absolute atomic E-state index is 12.8. The van der Waals surface area contributed by atoms with Crippen LogP contribution in [0.5, 0.6) is 0 Å². The number of likely N-dealkylation sites (N-methyl/N-ethyl adjacent to an activating group) is 1. The van der Waals surface area contributed by atoms with E-state index in [1.165, 1.54) is 5.56 Å². The van der Waals surface area contributed by atoms with Crippen LogP contribution in [0.4, 0.5) is 4.79 Å². The second kappa shape index (κ2) is 10.4. The van der Waals surface area contributed by atoms with Crippen LogP contribution in [-0.2, 0) is 6.54 Å². The summed E-state index contributed by atoms with van der Waals surface area (Å²) >= 11 is 0. The summed E-state index contributed by atoms with van der Waals surface area (Å²) in [7, 11) is 0. The molecule has 1 aliphatic rings. The van der Waals surface area contributed by atoms with Crippen LogP contribution >= 0.6 is 0 Å². The maximum atomic E-state index is 12.8. The van der Waals surface area contributed by atoms with Crippen molar-refractivity contribution in [3.05, 3.63) is 53.4 Å². The SMILES string of the molecule is CCN(CC)C(CNC(=O)N1CCN(Cc2cc(C)no2)CC1)c1ccccc1. The maximum Gasteiger partial charge on any atom is 0.317 e. The fourth-order valence-corrected chi connectivity index (χ4v) is 3.91. The van der Waals surface area contributed by atoms with E-state index in [-0.39, 0.29) is 12.1 Å². The van der Waals surface area contributed by atoms with E-state index in [0.717, 1.165) is 57.3 Å². The number of nitrogens with one attached hydrogen (secondary N) is 1. The van der Waals surface area contributed by atoms with Gasteiger partial charge in [-0.25, -0.2) is 4.79 Å². The Morgan fingerprint density at radius 1 is 1.17 bits per heavy atom. The summed E-state index contributed by atoms with van der Waals surface area (Å²) in [4.78, 5) is 19.3. The first-order chi connectivity index (χ1) is 14.1. The van der Waals surface area contributed by atoms with Gasteiger partial charge in [-0.2, -0.15) is 0 Å². The number of amides is 2. The molecule has 158 valence electrons. The highest BCUT2D eigenvalue weighted by Gasteiger charge is 2.24. The van der Waals surface area contributed by atoms with Crippen LogP contribution in [-0.4, -0.2) is 71.7 Å². The van der Waals surface area contributed by atoms with Crippen molar-refractivity contribution in [1.82, 2.24) is 25.2 Å². The summed E-state index contributed by atoms with van der Waals surface area (Å²) in [6.45, 7) is 12.6. The molecule has 1 aromatic carbocycles. The van der Waals surface area contributed by atoms with Gasteiger partial charge in [0.15, 0.2) is 5.76 Å². The number of carbonyl (C=O) groups is 1. The van der Waals surface area contributed by atoms with Crippen molar-refractivity contribution < 1.29 is 9.32 Å². The number of urea groups is 1. The topological polar surface area (TPSA) is 64.9 Å². The zero-order valence-electron chi connectivity index (χ0n) is 17.8. The number of rotatable bonds is 8. The van der Waals surface area contributed by atoms with Gasteiger partial charge < -0.3 is 14.7 Å². The molecule has 0 radical (unpaired) electrons. The summed E-state index contributed by atoms with van der Waals surface area (Å²) in [5.74, 6) is 0.880. The van der Waals surface area contributed by atoms with E-state index in [1.807, 2.05) is 24.0 Å². The van der Waals surface area contributed by atoms with Gasteiger partial charge in [0.2, 0.25) is 0 Å². The molecular weight excluding hydrogens is 366 g/mol. The van der Waals surface area contributed by atoms with Crippen LogP contribution in [0.15, 0.2) is 40.9 Å². The first-order valence-electron chi connectivity index (χ1n) is 10.6. The number of carbonyl (C=O) groups excluding carboxylic acids is 1. The number of hydrogen-bond donors (Lipinski definition) is 1. The number of piperazine rings is 1. The van der Waals surface area contributed by atoms with Gasteiger partial charge in [0.25, 0.3) is 0 Å². The third kappa shape index (κ3) is 5.81. The standard InChI is InChI=1S/C22H33N5O2/c1-4-26(5-2)21(19-9-7-6-8-10-19)16-23-22(28)27-13-11-25(12-14-27)17-20-15-18(3)24-29-20/h6-10,15,21H,4-5,11-14,16-17H2,1-3H3,(H,23,28). The number of aryl methyl sites for hydroxylation is 1. The van der Waals surface area contributed by atoms with Gasteiger partial charge in [0, 0.05) is 38.8 Å². The molecular formula is C22H33N5O2. The van der Waals surface area contributed by atoms with Crippen LogP contribution in [0, 0.1) is 6.92 Å². The molecule has 1 unspecified atom stereocenters. The summed E-state index contributed by atoms with van der Waals surface area (Å²) in [6.07, 6.45) is 0. The number of hydrogen-bond acceptors (Lipinski definition) is 5. The monoisotopic (exact) mass is 399 g/mol. The highest BCUT2D eigenvalue weighted by atomic mass is 16.5. The minimum Gasteiger partial charge on any atom is -0.360 e. The summed E-state index contributed by atoms with van der Waals surface area (Å²) in [5.41, 5.74) is 2.14. The van der Waals surface area contributed by atoms with Crippen molar-refractivity contribution >= 4 is 6.03 Å². The lowest BCUT2D eigenvalue weighted by Crippen LogP contribution is -2.52. The predicted octanol–water partition coefficient (Wildman–Crippen LogP) is 2.89. The number of benzene rings is 1. The Bertz CT molecular complexity index is 752. The van der Waals surface area contributed by atoms with E-state index in [4.69, 9.17) is 4.52 Å². The Labute approximate surface area is 173 Å². The molecule has 7 heteroatoms. The molecule has 0 spiro atoms. The average molecular weight is 400 g/mol. The molecule has 1 aliphatic heterocycles. The van der Waals surface area contributed by atoms with E-state index in [9.17, 15) is 4.79 Å². The van der Waals surface area contributed by atoms with Gasteiger partial charge in [0.1, 0.15) is 0 Å². The highest BCUT2D eigenvalue weighted by Crippen LogP contribution is 2.19. The first kappa shape index (κ1) is 21.3. The number of aromatic nitrogens is 1. The van der Waals surface area contributed by atoms with Crippen molar-refractivity contribution in [2.75, 3.05) is 45.8 Å². The minimum absolute atomic E-state index is 0.0215. The Morgan fingerprint density at radius 2 is 1.86 bits per heavy atom. The summed E-state index contributed by atoms with van der Waals surface area (Å²) < 4.78 is 5.30. The van der Waals surface area contributed by atoms with Crippen molar-refractivity contribution in [2.24, 2.45) is 0 Å². The molecule has 2 heterocycles. The molecule has 1 aromatic heterocycles. The summed E-state index contributed by atoms with van der Waals surface area (Å²) in [6, 6.07) is 12.6. The molecule has 2 amide bonds. The second-order valence-corrected chi connectivity index (χ2v) is 7.53. The van der Waals surface area contributed by atoms with E-state index >= 15 is 0 Å². The Morgan fingerprint density at radius 3 is 2.45 bits per heavy atom. The second-order valence-electron chi connectivity index (χ2n) is 7.53. The molecule has 2 aromatic rings. The van der Waals surface area contributed by atoms with Crippen LogP contribution in [0.25, 0.3) is 0 Å². The molecule has 0 aliphatic carbocycles. The van der Waals surface area contributed by atoms with E-state index in [1.54, 1.807) is 0 Å². The molecule has 1 fully saturated rings. The van der Waals surface area contributed by atoms with Gasteiger partial charge in [-0.1, -0.05) is 49.3 Å². The van der Waals surface area contributed by atoms with Crippen LogP contribution in [0.1, 0.15) is 36.9 Å². The van der Waals surface area contributed by atoms with Crippen molar-refractivity contribution in [3.63, 3.8) is 0 Å². The van der Waals surface area contributed by atoms with E-state index < -0.39 is 0 Å². The van der Waals surface area contributed by atoms with Crippen LogP contribution in [0.3, 0.4) is 0 Å². The molecule has 1 saturated heterocycles. The fraction of sp³-hybridized carbons (Fsp3) is 0.545. The normalized spacial score (nSPS) is 16.2. The molecule has 3 rings (SSSR count). The van der Waals surface area contributed by atoms with Gasteiger partial charge in [0.05, 0.1) is 18.3 Å². The molecule has 29 heavy (non-hydrogen) atoms. The Hall–Kier alpha value is -2.38. The lowest BCUT2D eigenvalue weighted by molar-refractivity contribution is 0.125. The van der Waals surface area contributed by atoms with Gasteiger partial charge in [-0.3, -0.25) is 9.80 Å². The van der Waals surface area contributed by atoms with Crippen LogP contribution < -0.4 is 5.32 Å². The average Bonchev–Trinajstić information content (AvgIpc) is 3.16. The Balaban J connectivity index is 1.50. The van der Waals surface area contributed by atoms with Gasteiger partial charge in [-0.15, -0.1) is 0 Å². The first-order valence-corrected chi connectivity index (χ1v) is 10.6. The molecule has 1 N–H and O–H groups in total. The third-order valence-corrected chi connectivity index (χ3v) is 5.60. The quantitative estimate of drug-likeness (QED) is 0.739. The fourth-order valence-electron chi connectivity index (χ4n) is 3.91.